The molecule has 0 saturated heterocycles. The fourth-order valence-electron chi connectivity index (χ4n) is 1.69. The Balaban J connectivity index is 2.48. The van der Waals surface area contributed by atoms with E-state index < -0.39 is 10.0 Å². The minimum Gasteiger partial charge on any atom is -0.269 e. The van der Waals surface area contributed by atoms with Gasteiger partial charge in [-0.2, -0.15) is 0 Å². The second-order valence-electron chi connectivity index (χ2n) is 3.94. The van der Waals surface area contributed by atoms with Crippen molar-refractivity contribution in [1.29, 1.82) is 0 Å². The van der Waals surface area contributed by atoms with Crippen molar-refractivity contribution in [3.63, 3.8) is 0 Å². The molecule has 2 rings (SSSR count). The van der Waals surface area contributed by atoms with Gasteiger partial charge in [0.2, 0.25) is 0 Å². The second kappa shape index (κ2) is 4.78. The molecule has 0 aliphatic rings. The third-order valence-corrected chi connectivity index (χ3v) is 4.70. The Hall–Kier alpha value is -1.88. The molecule has 0 spiro atoms. The molecule has 18 heavy (non-hydrogen) atoms. The molecule has 5 heteroatoms. The first-order chi connectivity index (χ1) is 8.53. The Kier molecular flexibility index (Phi) is 3.34. The number of rotatable bonds is 3. The van der Waals surface area contributed by atoms with E-state index in [1.165, 1.54) is 11.4 Å². The van der Waals surface area contributed by atoms with E-state index in [0.29, 0.717) is 10.6 Å². The van der Waals surface area contributed by atoms with Crippen LogP contribution in [0.5, 0.6) is 0 Å². The van der Waals surface area contributed by atoms with E-state index in [4.69, 9.17) is 0 Å². The van der Waals surface area contributed by atoms with Gasteiger partial charge in [0, 0.05) is 19.4 Å². The van der Waals surface area contributed by atoms with E-state index in [1.807, 2.05) is 6.07 Å². The average Bonchev–Trinajstić information content (AvgIpc) is 2.39. The third kappa shape index (κ3) is 2.22. The quantitative estimate of drug-likeness (QED) is 0.852. The van der Waals surface area contributed by atoms with E-state index in [1.54, 1.807) is 49.6 Å². The van der Waals surface area contributed by atoms with E-state index in [-0.39, 0.29) is 0 Å². The van der Waals surface area contributed by atoms with Crippen LogP contribution in [0.1, 0.15) is 5.56 Å². The maximum absolute atomic E-state index is 12.5. The van der Waals surface area contributed by atoms with Crippen molar-refractivity contribution in [2.24, 2.45) is 0 Å². The summed E-state index contributed by atoms with van der Waals surface area (Å²) in [5.74, 6) is 0. The molecule has 0 radical (unpaired) electrons. The molecule has 2 aromatic rings. The average molecular weight is 262 g/mol. The number of aromatic nitrogens is 1. The lowest BCUT2D eigenvalue weighted by molar-refractivity contribution is 0.594. The number of hydrogen-bond donors (Lipinski definition) is 0. The normalized spacial score (nSPS) is 11.2. The summed E-state index contributed by atoms with van der Waals surface area (Å²) >= 11 is 0. The summed E-state index contributed by atoms with van der Waals surface area (Å²) in [6, 6.07) is 10.3. The van der Waals surface area contributed by atoms with Crippen molar-refractivity contribution in [2.75, 3.05) is 11.4 Å². The van der Waals surface area contributed by atoms with Crippen LogP contribution in [0, 0.1) is 6.92 Å². The van der Waals surface area contributed by atoms with Crippen LogP contribution in [0.15, 0.2) is 53.7 Å². The summed E-state index contributed by atoms with van der Waals surface area (Å²) in [6.07, 6.45) is 3.14. The fourth-order valence-corrected chi connectivity index (χ4v) is 3.11. The van der Waals surface area contributed by atoms with Crippen LogP contribution in [-0.2, 0) is 10.0 Å². The van der Waals surface area contributed by atoms with Gasteiger partial charge in [-0.3, -0.25) is 9.29 Å². The number of hydrogen-bond acceptors (Lipinski definition) is 3. The van der Waals surface area contributed by atoms with Gasteiger partial charge in [-0.25, -0.2) is 8.42 Å². The van der Waals surface area contributed by atoms with Crippen molar-refractivity contribution in [3.8, 4) is 0 Å². The van der Waals surface area contributed by atoms with Crippen LogP contribution in [0.25, 0.3) is 0 Å². The Morgan fingerprint density at radius 2 is 1.67 bits per heavy atom. The molecule has 1 aromatic carbocycles. The number of sulfonamides is 1. The van der Waals surface area contributed by atoms with Gasteiger partial charge in [0.05, 0.1) is 10.6 Å². The van der Waals surface area contributed by atoms with E-state index >= 15 is 0 Å². The molecule has 1 heterocycles. The highest BCUT2D eigenvalue weighted by molar-refractivity contribution is 7.92. The van der Waals surface area contributed by atoms with Crippen LogP contribution < -0.4 is 4.31 Å². The molecule has 0 aliphatic carbocycles. The zero-order valence-electron chi connectivity index (χ0n) is 10.2. The summed E-state index contributed by atoms with van der Waals surface area (Å²) < 4.78 is 26.2. The highest BCUT2D eigenvalue weighted by Crippen LogP contribution is 2.23. The minimum absolute atomic E-state index is 0.323. The Labute approximate surface area is 107 Å². The third-order valence-electron chi connectivity index (χ3n) is 2.76. The predicted octanol–water partition coefficient (Wildman–Crippen LogP) is 2.22. The highest BCUT2D eigenvalue weighted by atomic mass is 32.2. The van der Waals surface area contributed by atoms with Crippen molar-refractivity contribution in [3.05, 3.63) is 54.4 Å². The van der Waals surface area contributed by atoms with Crippen molar-refractivity contribution in [2.45, 2.75) is 11.8 Å². The van der Waals surface area contributed by atoms with Gasteiger partial charge in [0.1, 0.15) is 0 Å². The highest BCUT2D eigenvalue weighted by Gasteiger charge is 2.22. The maximum atomic E-state index is 12.5. The summed E-state index contributed by atoms with van der Waals surface area (Å²) in [5.41, 5.74) is 1.33. The van der Waals surface area contributed by atoms with Crippen LogP contribution in [0.3, 0.4) is 0 Å². The van der Waals surface area contributed by atoms with E-state index in [2.05, 4.69) is 4.98 Å². The Bertz CT molecular complexity index is 639. The summed E-state index contributed by atoms with van der Waals surface area (Å²) in [5, 5.41) is 0. The zero-order chi connectivity index (χ0) is 13.2. The fraction of sp³-hybridized carbons (Fsp3) is 0.154. The smallest absolute Gasteiger partial charge is 0.264 e. The SMILES string of the molecule is Cc1ccccc1S(=O)(=O)N(C)c1ccncc1. The minimum atomic E-state index is -3.52. The van der Waals surface area contributed by atoms with Crippen LogP contribution in [0.4, 0.5) is 5.69 Å². The van der Waals surface area contributed by atoms with Crippen LogP contribution in [0.2, 0.25) is 0 Å². The number of anilines is 1. The number of pyridine rings is 1. The van der Waals surface area contributed by atoms with Crippen LogP contribution in [-0.4, -0.2) is 20.4 Å². The Morgan fingerprint density at radius 3 is 2.28 bits per heavy atom. The Morgan fingerprint density at radius 1 is 1.06 bits per heavy atom. The van der Waals surface area contributed by atoms with Gasteiger partial charge in [0.25, 0.3) is 10.0 Å². The molecule has 0 amide bonds. The van der Waals surface area contributed by atoms with Crippen molar-refractivity contribution >= 4 is 15.7 Å². The van der Waals surface area contributed by atoms with Gasteiger partial charge in [-0.05, 0) is 30.7 Å². The lowest BCUT2D eigenvalue weighted by Crippen LogP contribution is -2.27. The number of nitrogens with zero attached hydrogens (tertiary/aromatic N) is 2. The summed E-state index contributed by atoms with van der Waals surface area (Å²) in [6.45, 7) is 1.78. The number of benzene rings is 1. The van der Waals surface area contributed by atoms with Gasteiger partial charge in [-0.15, -0.1) is 0 Å². The zero-order valence-corrected chi connectivity index (χ0v) is 11.1. The van der Waals surface area contributed by atoms with Gasteiger partial charge in [-0.1, -0.05) is 18.2 Å². The second-order valence-corrected chi connectivity index (χ2v) is 5.88. The molecule has 4 nitrogen and oxygen atoms in total. The van der Waals surface area contributed by atoms with E-state index in [0.717, 1.165) is 5.56 Å². The topological polar surface area (TPSA) is 50.3 Å². The summed E-state index contributed by atoms with van der Waals surface area (Å²) in [7, 11) is -1.98. The molecule has 0 bridgehead atoms. The van der Waals surface area contributed by atoms with Gasteiger partial charge in [0.15, 0.2) is 0 Å². The largest absolute Gasteiger partial charge is 0.269 e. The first kappa shape index (κ1) is 12.6. The van der Waals surface area contributed by atoms with E-state index in [9.17, 15) is 8.42 Å². The molecular formula is C13H14N2O2S. The molecule has 0 unspecified atom stereocenters. The molecule has 0 fully saturated rings. The molecular weight excluding hydrogens is 248 g/mol. The molecule has 0 atom stereocenters. The number of aryl methyl sites for hydroxylation is 1. The van der Waals surface area contributed by atoms with Gasteiger partial charge < -0.3 is 0 Å². The van der Waals surface area contributed by atoms with Gasteiger partial charge >= 0.3 is 0 Å². The molecule has 94 valence electrons. The monoisotopic (exact) mass is 262 g/mol. The lowest BCUT2D eigenvalue weighted by Gasteiger charge is -2.20. The standard InChI is InChI=1S/C13H14N2O2S/c1-11-5-3-4-6-13(11)18(16,17)15(2)12-7-9-14-10-8-12/h3-10H,1-2H3. The molecule has 0 saturated carbocycles. The summed E-state index contributed by atoms with van der Waals surface area (Å²) in [4.78, 5) is 4.20. The first-order valence-electron chi connectivity index (χ1n) is 5.48. The molecule has 0 aliphatic heterocycles. The van der Waals surface area contributed by atoms with Crippen molar-refractivity contribution in [1.82, 2.24) is 4.98 Å². The molecule has 0 N–H and O–H groups in total. The predicted molar refractivity (Wildman–Crippen MR) is 71.0 cm³/mol. The lowest BCUT2D eigenvalue weighted by atomic mass is 10.2. The van der Waals surface area contributed by atoms with Crippen LogP contribution >= 0.6 is 0 Å². The molecule has 1 aromatic heterocycles. The first-order valence-corrected chi connectivity index (χ1v) is 6.92. The maximum Gasteiger partial charge on any atom is 0.264 e. The van der Waals surface area contributed by atoms with Crippen molar-refractivity contribution < 1.29 is 8.42 Å².